The Hall–Kier alpha value is -2.83. The van der Waals surface area contributed by atoms with E-state index in [1.807, 2.05) is 38.1 Å². The van der Waals surface area contributed by atoms with E-state index in [2.05, 4.69) is 9.97 Å². The van der Waals surface area contributed by atoms with E-state index in [1.54, 1.807) is 7.11 Å². The van der Waals surface area contributed by atoms with Crippen LogP contribution in [0.25, 0.3) is 11.4 Å². The summed E-state index contributed by atoms with van der Waals surface area (Å²) < 4.78 is 5.29. The summed E-state index contributed by atoms with van der Waals surface area (Å²) >= 11 is 0. The van der Waals surface area contributed by atoms with Crippen LogP contribution in [0.4, 0.5) is 0 Å². The van der Waals surface area contributed by atoms with E-state index in [4.69, 9.17) is 24.5 Å². The molecule has 0 radical (unpaired) electrons. The molecule has 3 N–H and O–H groups in total. The number of carboxylic acid groups (broad SMARTS) is 2. The number of carboxylic acids is 2. The molecule has 2 rings (SSSR count). The summed E-state index contributed by atoms with van der Waals surface area (Å²) in [6.07, 6.45) is 0. The van der Waals surface area contributed by atoms with Crippen molar-refractivity contribution in [3.63, 3.8) is 0 Å². The van der Waals surface area contributed by atoms with Crippen molar-refractivity contribution in [3.05, 3.63) is 35.7 Å². The molecule has 0 bridgehead atoms. The number of H-pyrrole nitrogens is 1. The van der Waals surface area contributed by atoms with Crippen molar-refractivity contribution in [2.45, 2.75) is 13.8 Å². The Kier molecular flexibility index (Phi) is 5.48. The molecule has 7 nitrogen and oxygen atoms in total. The van der Waals surface area contributed by atoms with E-state index < -0.39 is 11.9 Å². The number of hydrogen-bond donors (Lipinski definition) is 3. The molecule has 0 saturated carbocycles. The lowest BCUT2D eigenvalue weighted by molar-refractivity contribution is -0.159. The Morgan fingerprint density at radius 3 is 2.14 bits per heavy atom. The fourth-order valence-electron chi connectivity index (χ4n) is 1.52. The molecule has 0 amide bonds. The average Bonchev–Trinajstić information content (AvgIpc) is 2.79. The second-order valence-electron chi connectivity index (χ2n) is 4.11. The first-order chi connectivity index (χ1) is 9.86. The summed E-state index contributed by atoms with van der Waals surface area (Å²) in [5.41, 5.74) is 3.11. The maximum absolute atomic E-state index is 9.10. The highest BCUT2D eigenvalue weighted by Gasteiger charge is 2.09. The fourth-order valence-corrected chi connectivity index (χ4v) is 1.52. The number of aryl methyl sites for hydroxylation is 2. The van der Waals surface area contributed by atoms with Gasteiger partial charge in [-0.2, -0.15) is 0 Å². The first kappa shape index (κ1) is 16.2. The highest BCUT2D eigenvalue weighted by atomic mass is 16.5. The van der Waals surface area contributed by atoms with Gasteiger partial charge in [-0.15, -0.1) is 0 Å². The molecule has 21 heavy (non-hydrogen) atoms. The number of aromatic nitrogens is 2. The Morgan fingerprint density at radius 1 is 1.14 bits per heavy atom. The van der Waals surface area contributed by atoms with Crippen LogP contribution in [0.1, 0.15) is 11.4 Å². The highest BCUT2D eigenvalue weighted by molar-refractivity contribution is 6.27. The maximum atomic E-state index is 9.10. The van der Waals surface area contributed by atoms with Crippen molar-refractivity contribution >= 4 is 11.9 Å². The van der Waals surface area contributed by atoms with Crippen LogP contribution in [-0.2, 0) is 9.59 Å². The van der Waals surface area contributed by atoms with Gasteiger partial charge in [-0.05, 0) is 26.0 Å². The number of methoxy groups -OCH3 is 1. The summed E-state index contributed by atoms with van der Waals surface area (Å²) in [6, 6.07) is 7.86. The lowest BCUT2D eigenvalue weighted by Crippen LogP contribution is -2.09. The van der Waals surface area contributed by atoms with Crippen molar-refractivity contribution in [2.24, 2.45) is 0 Å². The minimum Gasteiger partial charge on any atom is -0.496 e. The summed E-state index contributed by atoms with van der Waals surface area (Å²) in [4.78, 5) is 25.9. The predicted molar refractivity (Wildman–Crippen MR) is 75.3 cm³/mol. The first-order valence-corrected chi connectivity index (χ1v) is 5.99. The number of nitrogens with one attached hydrogen (secondary N) is 1. The van der Waals surface area contributed by atoms with Gasteiger partial charge < -0.3 is 19.9 Å². The first-order valence-electron chi connectivity index (χ1n) is 5.99. The van der Waals surface area contributed by atoms with Crippen molar-refractivity contribution < 1.29 is 24.5 Å². The van der Waals surface area contributed by atoms with E-state index in [1.165, 1.54) is 0 Å². The molecule has 1 aromatic carbocycles. The van der Waals surface area contributed by atoms with E-state index in [0.29, 0.717) is 0 Å². The minimum atomic E-state index is -1.82. The minimum absolute atomic E-state index is 0.839. The molecule has 2 aromatic rings. The smallest absolute Gasteiger partial charge is 0.414 e. The molecule has 0 aliphatic rings. The number of nitrogens with zero attached hydrogens (tertiary/aromatic N) is 1. The Bertz CT molecular complexity index is 617. The normalized spacial score (nSPS) is 9.48. The van der Waals surface area contributed by atoms with Gasteiger partial charge in [0.1, 0.15) is 11.6 Å². The fraction of sp³-hybridized carbons (Fsp3) is 0.214. The Labute approximate surface area is 121 Å². The van der Waals surface area contributed by atoms with Crippen LogP contribution < -0.4 is 4.74 Å². The predicted octanol–water partition coefficient (Wildman–Crippen LogP) is 1.86. The number of rotatable bonds is 2. The molecule has 7 heteroatoms. The van der Waals surface area contributed by atoms with Gasteiger partial charge >= 0.3 is 11.9 Å². The summed E-state index contributed by atoms with van der Waals surface area (Å²) in [7, 11) is 1.67. The third kappa shape index (κ3) is 4.34. The zero-order valence-electron chi connectivity index (χ0n) is 11.9. The zero-order chi connectivity index (χ0) is 16.0. The van der Waals surface area contributed by atoms with Crippen molar-refractivity contribution in [3.8, 4) is 17.1 Å². The number of aliphatic carboxylic acids is 2. The molecule has 0 aliphatic carbocycles. The van der Waals surface area contributed by atoms with Crippen molar-refractivity contribution in [2.75, 3.05) is 7.11 Å². The van der Waals surface area contributed by atoms with Gasteiger partial charge in [0.05, 0.1) is 18.4 Å². The molecule has 1 aromatic heterocycles. The number of para-hydroxylation sites is 1. The number of carbonyl (C=O) groups is 2. The van der Waals surface area contributed by atoms with E-state index in [-0.39, 0.29) is 0 Å². The van der Waals surface area contributed by atoms with Crippen LogP contribution in [-0.4, -0.2) is 39.2 Å². The SMILES string of the molecule is COc1ccccc1-c1nc(C)c(C)[nH]1.O=C(O)C(=O)O. The van der Waals surface area contributed by atoms with Gasteiger partial charge in [0.25, 0.3) is 0 Å². The lowest BCUT2D eigenvalue weighted by atomic mass is 10.2. The van der Waals surface area contributed by atoms with Crippen LogP contribution in [0.5, 0.6) is 5.75 Å². The molecule has 0 spiro atoms. The van der Waals surface area contributed by atoms with Gasteiger partial charge in [-0.3, -0.25) is 0 Å². The van der Waals surface area contributed by atoms with Gasteiger partial charge in [-0.1, -0.05) is 12.1 Å². The number of aromatic amines is 1. The highest BCUT2D eigenvalue weighted by Crippen LogP contribution is 2.27. The van der Waals surface area contributed by atoms with Crippen molar-refractivity contribution in [1.29, 1.82) is 0 Å². The third-order valence-electron chi connectivity index (χ3n) is 2.67. The van der Waals surface area contributed by atoms with Crippen LogP contribution in [0.15, 0.2) is 24.3 Å². The van der Waals surface area contributed by atoms with Crippen LogP contribution in [0, 0.1) is 13.8 Å². The molecule has 0 aliphatic heterocycles. The van der Waals surface area contributed by atoms with E-state index in [9.17, 15) is 0 Å². The van der Waals surface area contributed by atoms with Gasteiger partial charge in [0.15, 0.2) is 0 Å². The molecule has 0 atom stereocenters. The molecule has 112 valence electrons. The molecule has 0 saturated heterocycles. The maximum Gasteiger partial charge on any atom is 0.414 e. The number of hydrogen-bond acceptors (Lipinski definition) is 4. The molecule has 0 fully saturated rings. The lowest BCUT2D eigenvalue weighted by Gasteiger charge is -2.04. The van der Waals surface area contributed by atoms with Crippen LogP contribution >= 0.6 is 0 Å². The largest absolute Gasteiger partial charge is 0.496 e. The number of imidazole rings is 1. The second-order valence-corrected chi connectivity index (χ2v) is 4.11. The van der Waals surface area contributed by atoms with Gasteiger partial charge in [0, 0.05) is 5.69 Å². The summed E-state index contributed by atoms with van der Waals surface area (Å²) in [5.74, 6) is -1.95. The average molecular weight is 292 g/mol. The Balaban J connectivity index is 0.000000315. The molecular weight excluding hydrogens is 276 g/mol. The van der Waals surface area contributed by atoms with Crippen molar-refractivity contribution in [1.82, 2.24) is 9.97 Å². The third-order valence-corrected chi connectivity index (χ3v) is 2.67. The second kappa shape index (κ2) is 7.09. The monoisotopic (exact) mass is 292 g/mol. The molecular formula is C14H16N2O5. The quantitative estimate of drug-likeness (QED) is 0.728. The summed E-state index contributed by atoms with van der Waals surface area (Å²) in [5, 5.41) is 14.8. The van der Waals surface area contributed by atoms with Crippen LogP contribution in [0.2, 0.25) is 0 Å². The van der Waals surface area contributed by atoms with E-state index >= 15 is 0 Å². The van der Waals surface area contributed by atoms with Crippen LogP contribution in [0.3, 0.4) is 0 Å². The molecule has 1 heterocycles. The Morgan fingerprint density at radius 2 is 1.71 bits per heavy atom. The number of benzene rings is 1. The van der Waals surface area contributed by atoms with E-state index in [0.717, 1.165) is 28.5 Å². The molecule has 0 unspecified atom stereocenters. The summed E-state index contributed by atoms with van der Waals surface area (Å²) in [6.45, 7) is 4.01. The zero-order valence-corrected chi connectivity index (χ0v) is 11.9. The number of ether oxygens (including phenoxy) is 1. The standard InChI is InChI=1S/C12H14N2O.C2H2O4/c1-8-9(2)14-12(13-8)10-6-4-5-7-11(10)15-3;3-1(4)2(5)6/h4-7H,1-3H3,(H,13,14);(H,3,4)(H,5,6). The van der Waals surface area contributed by atoms with Gasteiger partial charge in [-0.25, -0.2) is 14.6 Å². The topological polar surface area (TPSA) is 113 Å². The van der Waals surface area contributed by atoms with Gasteiger partial charge in [0.2, 0.25) is 0 Å².